The predicted molar refractivity (Wildman–Crippen MR) is 75.2 cm³/mol. The van der Waals surface area contributed by atoms with Crippen LogP contribution in [0.2, 0.25) is 0 Å². The molecular weight excluding hydrogens is 296 g/mol. The van der Waals surface area contributed by atoms with E-state index in [1.54, 1.807) is 6.07 Å². The summed E-state index contributed by atoms with van der Waals surface area (Å²) in [7, 11) is -3.71. The Morgan fingerprint density at radius 1 is 1.57 bits per heavy atom. The minimum absolute atomic E-state index is 0.0363. The van der Waals surface area contributed by atoms with Crippen molar-refractivity contribution in [3.05, 3.63) is 17.5 Å². The molecule has 21 heavy (non-hydrogen) atoms. The van der Waals surface area contributed by atoms with E-state index in [1.807, 2.05) is 6.92 Å². The van der Waals surface area contributed by atoms with Crippen LogP contribution in [0, 0.1) is 11.8 Å². The van der Waals surface area contributed by atoms with Gasteiger partial charge in [-0.15, -0.1) is 0 Å². The number of hydroxylamine groups is 1. The van der Waals surface area contributed by atoms with Crippen molar-refractivity contribution in [3.8, 4) is 11.8 Å². The van der Waals surface area contributed by atoms with Crippen LogP contribution < -0.4 is 5.48 Å². The van der Waals surface area contributed by atoms with Crippen LogP contribution in [-0.2, 0) is 21.1 Å². The summed E-state index contributed by atoms with van der Waals surface area (Å²) in [6.45, 7) is 3.15. The number of hydrogen-bond acceptors (Lipinski definition) is 6. The van der Waals surface area contributed by atoms with Crippen molar-refractivity contribution >= 4 is 15.7 Å². The number of aryl methyl sites for hydroxylation is 1. The zero-order chi connectivity index (χ0) is 16.1. The van der Waals surface area contributed by atoms with Gasteiger partial charge in [0, 0.05) is 18.7 Å². The molecule has 1 amide bonds. The summed E-state index contributed by atoms with van der Waals surface area (Å²) in [5.74, 6) is 5.00. The van der Waals surface area contributed by atoms with Gasteiger partial charge in [-0.05, 0) is 25.7 Å². The Kier molecular flexibility index (Phi) is 5.52. The molecule has 8 heteroatoms. The summed E-state index contributed by atoms with van der Waals surface area (Å²) in [6.07, 6.45) is 1.79. The minimum Gasteiger partial charge on any atom is -0.347 e. The maximum absolute atomic E-state index is 11.8. The molecule has 0 saturated carbocycles. The SMILES string of the molecule is CCC#Cc1cc(CC[C@](C)(C(=O)NO)S(C)(=O)=O)no1. The Bertz CT molecular complexity index is 668. The molecule has 1 heterocycles. The Morgan fingerprint density at radius 2 is 2.24 bits per heavy atom. The molecule has 0 spiro atoms. The first kappa shape index (κ1) is 17.2. The molecule has 2 N–H and O–H groups in total. The highest BCUT2D eigenvalue weighted by atomic mass is 32.2. The predicted octanol–water partition coefficient (Wildman–Crippen LogP) is 0.677. The molecule has 7 nitrogen and oxygen atoms in total. The molecule has 0 radical (unpaired) electrons. The maximum Gasteiger partial charge on any atom is 0.264 e. The molecule has 1 rings (SSSR count). The van der Waals surface area contributed by atoms with Gasteiger partial charge in [0.15, 0.2) is 9.84 Å². The summed E-state index contributed by atoms with van der Waals surface area (Å²) in [5, 5.41) is 12.5. The molecule has 0 fully saturated rings. The second kappa shape index (κ2) is 6.74. The molecule has 0 saturated heterocycles. The number of rotatable bonds is 5. The summed E-state index contributed by atoms with van der Waals surface area (Å²) in [5.41, 5.74) is 1.89. The number of aromatic nitrogens is 1. The fraction of sp³-hybridized carbons (Fsp3) is 0.538. The molecule has 0 aliphatic carbocycles. The quantitative estimate of drug-likeness (QED) is 0.470. The molecular formula is C13H18N2O5S. The number of nitrogens with one attached hydrogen (secondary N) is 1. The average molecular weight is 314 g/mol. The van der Waals surface area contributed by atoms with Gasteiger partial charge in [0.2, 0.25) is 5.76 Å². The minimum atomic E-state index is -3.71. The second-order valence-electron chi connectivity index (χ2n) is 4.78. The standard InChI is InChI=1S/C13H18N2O5S/c1-4-5-6-11-9-10(15-20-11)7-8-13(2,12(16)14-17)21(3,18)19/h9,17H,4,7-8H2,1-3H3,(H,14,16)/t13-/m1/s1. The lowest BCUT2D eigenvalue weighted by Gasteiger charge is -2.24. The van der Waals surface area contributed by atoms with Crippen molar-refractivity contribution in [3.63, 3.8) is 0 Å². The Labute approximate surface area is 123 Å². The lowest BCUT2D eigenvalue weighted by atomic mass is 10.0. The normalized spacial score (nSPS) is 13.9. The van der Waals surface area contributed by atoms with E-state index in [4.69, 9.17) is 9.73 Å². The highest BCUT2D eigenvalue weighted by Gasteiger charge is 2.43. The Morgan fingerprint density at radius 3 is 2.76 bits per heavy atom. The highest BCUT2D eigenvalue weighted by molar-refractivity contribution is 7.92. The maximum atomic E-state index is 11.8. The summed E-state index contributed by atoms with van der Waals surface area (Å²) in [6, 6.07) is 1.60. The van der Waals surface area contributed by atoms with Gasteiger partial charge in [0.05, 0.1) is 5.69 Å². The lowest BCUT2D eigenvalue weighted by Crippen LogP contribution is -2.49. The van der Waals surface area contributed by atoms with E-state index in [9.17, 15) is 13.2 Å². The van der Waals surface area contributed by atoms with Crippen LogP contribution in [0.3, 0.4) is 0 Å². The molecule has 0 bridgehead atoms. The van der Waals surface area contributed by atoms with Gasteiger partial charge in [-0.25, -0.2) is 13.9 Å². The third-order valence-corrected chi connectivity index (χ3v) is 5.23. The molecule has 0 aliphatic rings. The number of hydrogen-bond donors (Lipinski definition) is 2. The number of nitrogens with zero attached hydrogens (tertiary/aromatic N) is 1. The number of carbonyl (C=O) groups is 1. The molecule has 116 valence electrons. The lowest BCUT2D eigenvalue weighted by molar-refractivity contribution is -0.131. The smallest absolute Gasteiger partial charge is 0.264 e. The van der Waals surface area contributed by atoms with Gasteiger partial charge in [-0.2, -0.15) is 0 Å². The van der Waals surface area contributed by atoms with E-state index in [0.717, 1.165) is 6.26 Å². The Balaban J connectivity index is 2.88. The third-order valence-electron chi connectivity index (χ3n) is 3.21. The average Bonchev–Trinajstić information content (AvgIpc) is 2.88. The van der Waals surface area contributed by atoms with Crippen LogP contribution in [-0.4, -0.2) is 35.7 Å². The van der Waals surface area contributed by atoms with Crippen molar-refractivity contribution in [1.29, 1.82) is 0 Å². The molecule has 0 unspecified atom stereocenters. The van der Waals surface area contributed by atoms with E-state index in [0.29, 0.717) is 17.9 Å². The zero-order valence-electron chi connectivity index (χ0n) is 12.1. The number of amides is 1. The van der Waals surface area contributed by atoms with E-state index in [2.05, 4.69) is 17.0 Å². The summed E-state index contributed by atoms with van der Waals surface area (Å²) < 4.78 is 26.8. The monoisotopic (exact) mass is 314 g/mol. The van der Waals surface area contributed by atoms with Crippen LogP contribution in [0.5, 0.6) is 0 Å². The van der Waals surface area contributed by atoms with Crippen LogP contribution >= 0.6 is 0 Å². The zero-order valence-corrected chi connectivity index (χ0v) is 13.0. The van der Waals surface area contributed by atoms with Crippen molar-refractivity contribution in [1.82, 2.24) is 10.6 Å². The molecule has 1 aromatic heterocycles. The van der Waals surface area contributed by atoms with E-state index >= 15 is 0 Å². The molecule has 1 atom stereocenters. The van der Waals surface area contributed by atoms with Gasteiger partial charge in [0.1, 0.15) is 4.75 Å². The third kappa shape index (κ3) is 4.06. The molecule has 0 aromatic carbocycles. The molecule has 1 aromatic rings. The van der Waals surface area contributed by atoms with Crippen molar-refractivity contribution in [2.75, 3.05) is 6.26 Å². The van der Waals surface area contributed by atoms with Crippen molar-refractivity contribution in [2.45, 2.75) is 37.9 Å². The van der Waals surface area contributed by atoms with Crippen LogP contribution in [0.25, 0.3) is 0 Å². The van der Waals surface area contributed by atoms with Gasteiger partial charge in [-0.1, -0.05) is 18.0 Å². The Hall–Kier alpha value is -1.85. The van der Waals surface area contributed by atoms with Gasteiger partial charge in [-0.3, -0.25) is 10.0 Å². The van der Waals surface area contributed by atoms with Gasteiger partial charge in [0.25, 0.3) is 5.91 Å². The van der Waals surface area contributed by atoms with E-state index in [-0.39, 0.29) is 12.8 Å². The topological polar surface area (TPSA) is 110 Å². The van der Waals surface area contributed by atoms with Gasteiger partial charge >= 0.3 is 0 Å². The highest BCUT2D eigenvalue weighted by Crippen LogP contribution is 2.23. The second-order valence-corrected chi connectivity index (χ2v) is 7.23. The first-order valence-corrected chi connectivity index (χ1v) is 8.22. The fourth-order valence-electron chi connectivity index (χ4n) is 1.62. The van der Waals surface area contributed by atoms with Gasteiger partial charge < -0.3 is 4.52 Å². The van der Waals surface area contributed by atoms with Crippen molar-refractivity contribution < 1.29 is 22.9 Å². The van der Waals surface area contributed by atoms with Crippen LogP contribution in [0.15, 0.2) is 10.6 Å². The fourth-order valence-corrected chi connectivity index (χ4v) is 2.47. The van der Waals surface area contributed by atoms with E-state index in [1.165, 1.54) is 12.4 Å². The van der Waals surface area contributed by atoms with Crippen LogP contribution in [0.1, 0.15) is 38.1 Å². The largest absolute Gasteiger partial charge is 0.347 e. The van der Waals surface area contributed by atoms with Crippen LogP contribution in [0.4, 0.5) is 0 Å². The first-order valence-electron chi connectivity index (χ1n) is 6.33. The number of carbonyl (C=O) groups excluding carboxylic acids is 1. The first-order chi connectivity index (χ1) is 9.74. The molecule has 0 aliphatic heterocycles. The summed E-state index contributed by atoms with van der Waals surface area (Å²) >= 11 is 0. The summed E-state index contributed by atoms with van der Waals surface area (Å²) in [4.78, 5) is 11.6. The van der Waals surface area contributed by atoms with Crippen molar-refractivity contribution in [2.24, 2.45) is 0 Å². The van der Waals surface area contributed by atoms with E-state index < -0.39 is 20.5 Å². The number of sulfone groups is 1.